The monoisotopic (exact) mass is 792 g/mol. The van der Waals surface area contributed by atoms with Crippen molar-refractivity contribution in [2.75, 3.05) is 9.80 Å². The van der Waals surface area contributed by atoms with Crippen LogP contribution in [0.3, 0.4) is 0 Å². The van der Waals surface area contributed by atoms with Gasteiger partial charge in [-0.3, -0.25) is 0 Å². The van der Waals surface area contributed by atoms with Crippen LogP contribution >= 0.6 is 0 Å². The third-order valence-corrected chi connectivity index (χ3v) is 11.5. The summed E-state index contributed by atoms with van der Waals surface area (Å²) in [6.07, 6.45) is 0. The Kier molecular flexibility index (Phi) is 10.8. The van der Waals surface area contributed by atoms with Crippen LogP contribution in [0.25, 0.3) is 55.6 Å². The highest BCUT2D eigenvalue weighted by Gasteiger charge is 2.15. The van der Waals surface area contributed by atoms with Crippen LogP contribution in [-0.2, 0) is 0 Å². The summed E-state index contributed by atoms with van der Waals surface area (Å²) in [4.78, 5) is 4.63. The first kappa shape index (κ1) is 38.0. The van der Waals surface area contributed by atoms with Crippen LogP contribution in [0.2, 0.25) is 0 Å². The van der Waals surface area contributed by atoms with Crippen molar-refractivity contribution in [3.63, 3.8) is 0 Å². The molecule has 0 aliphatic carbocycles. The Morgan fingerprint density at radius 3 is 0.629 bits per heavy atom. The van der Waals surface area contributed by atoms with E-state index in [9.17, 15) is 0 Å². The molecule has 0 saturated carbocycles. The molecule has 10 aromatic rings. The summed E-state index contributed by atoms with van der Waals surface area (Å²) in [5.74, 6) is 0. The van der Waals surface area contributed by atoms with Gasteiger partial charge in [0.2, 0.25) is 0 Å². The van der Waals surface area contributed by atoms with Crippen LogP contribution in [0.15, 0.2) is 267 Å². The number of para-hydroxylation sites is 2. The summed E-state index contributed by atoms with van der Waals surface area (Å²) >= 11 is 0. The van der Waals surface area contributed by atoms with Crippen molar-refractivity contribution in [1.82, 2.24) is 0 Å². The number of benzene rings is 10. The predicted molar refractivity (Wildman–Crippen MR) is 263 cm³/mol. The van der Waals surface area contributed by atoms with E-state index in [-0.39, 0.29) is 0 Å². The molecule has 0 aromatic heterocycles. The molecular weight excluding hydrogens is 749 g/mol. The van der Waals surface area contributed by atoms with Gasteiger partial charge in [0, 0.05) is 34.1 Å². The zero-order valence-electron chi connectivity index (χ0n) is 34.3. The van der Waals surface area contributed by atoms with Crippen molar-refractivity contribution in [2.24, 2.45) is 0 Å². The topological polar surface area (TPSA) is 6.48 Å². The lowest BCUT2D eigenvalue weighted by molar-refractivity contribution is 1.28. The molecule has 0 heterocycles. The van der Waals surface area contributed by atoms with E-state index in [1.807, 2.05) is 0 Å². The predicted octanol–water partition coefficient (Wildman–Crippen LogP) is 17.0. The Hall–Kier alpha value is -8.20. The Morgan fingerprint density at radius 2 is 0.339 bits per heavy atom. The van der Waals surface area contributed by atoms with Gasteiger partial charge in [-0.2, -0.15) is 0 Å². The molecule has 0 spiro atoms. The van der Waals surface area contributed by atoms with E-state index in [4.69, 9.17) is 0 Å². The standard InChI is InChI=1S/C60H44N2/c1-5-15-45(16-6-1)47-27-35-57(36-28-47)61(55-23-9-3-10-24-55)59-39-31-49(32-40-59)51-19-13-21-53(43-51)54-22-14-20-52(44-54)50-33-41-60(42-34-50)62(56-25-11-4-12-26-56)58-37-29-48(30-38-58)46-17-7-2-8-18-46/h1-44H. The fourth-order valence-electron chi connectivity index (χ4n) is 8.28. The van der Waals surface area contributed by atoms with E-state index in [0.717, 1.165) is 34.1 Å². The van der Waals surface area contributed by atoms with E-state index in [1.54, 1.807) is 0 Å². The van der Waals surface area contributed by atoms with Crippen molar-refractivity contribution in [3.05, 3.63) is 267 Å². The molecule has 0 aliphatic heterocycles. The highest BCUT2D eigenvalue weighted by atomic mass is 15.1. The van der Waals surface area contributed by atoms with Crippen LogP contribution in [0.4, 0.5) is 34.1 Å². The van der Waals surface area contributed by atoms with E-state index in [1.165, 1.54) is 55.6 Å². The molecule has 10 aromatic carbocycles. The molecule has 294 valence electrons. The van der Waals surface area contributed by atoms with Gasteiger partial charge in [-0.05, 0) is 141 Å². The minimum atomic E-state index is 1.11. The number of hydrogen-bond acceptors (Lipinski definition) is 2. The van der Waals surface area contributed by atoms with Crippen LogP contribution in [0.1, 0.15) is 0 Å². The first-order valence-electron chi connectivity index (χ1n) is 21.2. The zero-order valence-corrected chi connectivity index (χ0v) is 34.3. The molecular formula is C60H44N2. The lowest BCUT2D eigenvalue weighted by Crippen LogP contribution is -2.09. The summed E-state index contributed by atoms with van der Waals surface area (Å²) in [5, 5.41) is 0. The lowest BCUT2D eigenvalue weighted by atomic mass is 9.96. The minimum Gasteiger partial charge on any atom is -0.311 e. The van der Waals surface area contributed by atoms with Crippen molar-refractivity contribution >= 4 is 34.1 Å². The van der Waals surface area contributed by atoms with Crippen molar-refractivity contribution < 1.29 is 0 Å². The summed E-state index contributed by atoms with van der Waals surface area (Å²) in [5.41, 5.74) is 18.6. The molecule has 0 radical (unpaired) electrons. The molecule has 0 atom stereocenters. The Morgan fingerprint density at radius 1 is 0.145 bits per heavy atom. The van der Waals surface area contributed by atoms with E-state index < -0.39 is 0 Å². The maximum absolute atomic E-state index is 2.31. The quantitative estimate of drug-likeness (QED) is 0.129. The molecule has 0 bridgehead atoms. The number of nitrogens with zero attached hydrogens (tertiary/aromatic N) is 2. The second kappa shape index (κ2) is 17.6. The average Bonchev–Trinajstić information content (AvgIpc) is 3.36. The molecule has 0 saturated heterocycles. The molecule has 2 nitrogen and oxygen atoms in total. The highest BCUT2D eigenvalue weighted by molar-refractivity contribution is 5.83. The van der Waals surface area contributed by atoms with Gasteiger partial charge in [0.15, 0.2) is 0 Å². The first-order chi connectivity index (χ1) is 30.7. The Labute approximate surface area is 364 Å². The van der Waals surface area contributed by atoms with Gasteiger partial charge < -0.3 is 9.80 Å². The average molecular weight is 793 g/mol. The van der Waals surface area contributed by atoms with Gasteiger partial charge in [-0.15, -0.1) is 0 Å². The molecule has 0 aliphatic rings. The normalized spacial score (nSPS) is 10.9. The first-order valence-corrected chi connectivity index (χ1v) is 21.2. The van der Waals surface area contributed by atoms with Crippen LogP contribution in [0.5, 0.6) is 0 Å². The van der Waals surface area contributed by atoms with Crippen LogP contribution < -0.4 is 9.80 Å². The van der Waals surface area contributed by atoms with Gasteiger partial charge >= 0.3 is 0 Å². The van der Waals surface area contributed by atoms with Gasteiger partial charge in [-0.25, -0.2) is 0 Å². The van der Waals surface area contributed by atoms with Crippen LogP contribution in [-0.4, -0.2) is 0 Å². The number of anilines is 6. The second-order valence-corrected chi connectivity index (χ2v) is 15.4. The maximum atomic E-state index is 2.31. The maximum Gasteiger partial charge on any atom is 0.0462 e. The summed E-state index contributed by atoms with van der Waals surface area (Å²) in [7, 11) is 0. The second-order valence-electron chi connectivity index (χ2n) is 15.4. The van der Waals surface area contributed by atoms with Crippen molar-refractivity contribution in [2.45, 2.75) is 0 Å². The SMILES string of the molecule is c1ccc(-c2ccc(N(c3ccccc3)c3ccc(-c4cccc(-c5cccc(-c6ccc(N(c7ccccc7)c7ccc(-c8ccccc8)cc7)cc6)c5)c4)cc3)cc2)cc1. The Balaban J connectivity index is 0.899. The Bertz CT molecular complexity index is 2790. The molecule has 2 heteroatoms. The lowest BCUT2D eigenvalue weighted by Gasteiger charge is -2.26. The summed E-state index contributed by atoms with van der Waals surface area (Å²) < 4.78 is 0. The minimum absolute atomic E-state index is 1.11. The van der Waals surface area contributed by atoms with E-state index >= 15 is 0 Å². The number of rotatable bonds is 11. The molecule has 10 rings (SSSR count). The van der Waals surface area contributed by atoms with E-state index in [0.29, 0.717) is 0 Å². The number of hydrogen-bond donors (Lipinski definition) is 0. The molecule has 0 N–H and O–H groups in total. The summed E-state index contributed by atoms with van der Waals surface area (Å²) in [6.45, 7) is 0. The molecule has 0 unspecified atom stereocenters. The fourth-order valence-corrected chi connectivity index (χ4v) is 8.28. The van der Waals surface area contributed by atoms with E-state index in [2.05, 4.69) is 277 Å². The van der Waals surface area contributed by atoms with Gasteiger partial charge in [-0.1, -0.05) is 182 Å². The third kappa shape index (κ3) is 8.18. The molecule has 62 heavy (non-hydrogen) atoms. The van der Waals surface area contributed by atoms with Gasteiger partial charge in [0.1, 0.15) is 0 Å². The van der Waals surface area contributed by atoms with Crippen LogP contribution in [0, 0.1) is 0 Å². The fraction of sp³-hybridized carbons (Fsp3) is 0. The highest BCUT2D eigenvalue weighted by Crippen LogP contribution is 2.39. The van der Waals surface area contributed by atoms with Crippen molar-refractivity contribution in [1.29, 1.82) is 0 Å². The van der Waals surface area contributed by atoms with Crippen molar-refractivity contribution in [3.8, 4) is 55.6 Å². The van der Waals surface area contributed by atoms with Gasteiger partial charge in [0.05, 0.1) is 0 Å². The summed E-state index contributed by atoms with van der Waals surface area (Å²) in [6, 6.07) is 95.5. The van der Waals surface area contributed by atoms with Gasteiger partial charge in [0.25, 0.3) is 0 Å². The third-order valence-electron chi connectivity index (χ3n) is 11.5. The molecule has 0 fully saturated rings. The smallest absolute Gasteiger partial charge is 0.0462 e. The zero-order chi connectivity index (χ0) is 41.5. The molecule has 0 amide bonds. The largest absolute Gasteiger partial charge is 0.311 e.